The number of pyridine rings is 1. The monoisotopic (exact) mass is 353 g/mol. The predicted molar refractivity (Wildman–Crippen MR) is 93.3 cm³/mol. The highest BCUT2D eigenvalue weighted by Gasteiger charge is 2.31. The molecule has 0 fully saturated rings. The Balaban J connectivity index is 2.42. The molecule has 8 heteroatoms. The van der Waals surface area contributed by atoms with Crippen LogP contribution >= 0.6 is 0 Å². The zero-order chi connectivity index (χ0) is 18.8. The maximum absolute atomic E-state index is 14.5. The molecule has 0 amide bonds. The van der Waals surface area contributed by atoms with Crippen LogP contribution in [0.2, 0.25) is 0 Å². The first-order chi connectivity index (χ1) is 12.5. The van der Waals surface area contributed by atoms with Crippen LogP contribution in [0.15, 0.2) is 36.7 Å². The van der Waals surface area contributed by atoms with Crippen molar-refractivity contribution < 1.29 is 13.9 Å². The minimum Gasteiger partial charge on any atom is -0.617 e. The van der Waals surface area contributed by atoms with Gasteiger partial charge in [-0.2, -0.15) is 9.99 Å². The van der Waals surface area contributed by atoms with Crippen LogP contribution in [0, 0.1) is 27.6 Å². The van der Waals surface area contributed by atoms with Crippen molar-refractivity contribution in [3.63, 3.8) is 0 Å². The maximum Gasteiger partial charge on any atom is 0.369 e. The Kier molecular flexibility index (Phi) is 4.54. The highest BCUT2D eigenvalue weighted by molar-refractivity contribution is 5.76. The van der Waals surface area contributed by atoms with Crippen molar-refractivity contribution in [1.29, 1.82) is 5.26 Å². The summed E-state index contributed by atoms with van der Waals surface area (Å²) in [4.78, 5) is 5.62. The molecule has 0 radical (unpaired) electrons. The molecule has 0 spiro atoms. The number of rotatable bonds is 4. The normalized spacial score (nSPS) is 10.7. The average molecular weight is 353 g/mol. The average Bonchev–Trinajstić information content (AvgIpc) is 2.66. The SMILES string of the molecule is CCN(CC)c1cc2c(cc1F)[n+]([O-])c(C#N)c(-c1ccncc1)[n+]2[O-]. The fourth-order valence-corrected chi connectivity index (χ4v) is 2.97. The van der Waals surface area contributed by atoms with E-state index in [1.807, 2.05) is 13.8 Å². The van der Waals surface area contributed by atoms with E-state index >= 15 is 0 Å². The summed E-state index contributed by atoms with van der Waals surface area (Å²) in [6.07, 6.45) is 2.92. The van der Waals surface area contributed by atoms with Gasteiger partial charge < -0.3 is 15.3 Å². The zero-order valence-corrected chi connectivity index (χ0v) is 14.3. The van der Waals surface area contributed by atoms with E-state index in [4.69, 9.17) is 0 Å². The van der Waals surface area contributed by atoms with Crippen LogP contribution in [-0.4, -0.2) is 18.1 Å². The van der Waals surface area contributed by atoms with Gasteiger partial charge in [-0.25, -0.2) is 4.39 Å². The number of hydrogen-bond acceptors (Lipinski definition) is 5. The molecule has 0 aliphatic carbocycles. The third-order valence-electron chi connectivity index (χ3n) is 4.28. The van der Waals surface area contributed by atoms with Crippen LogP contribution in [0.25, 0.3) is 22.3 Å². The molecule has 3 aromatic rings. The molecule has 7 nitrogen and oxygen atoms in total. The molecule has 3 rings (SSSR count). The minimum atomic E-state index is -0.619. The van der Waals surface area contributed by atoms with Crippen molar-refractivity contribution in [3.8, 4) is 17.3 Å². The quantitative estimate of drug-likeness (QED) is 0.528. The molecule has 0 N–H and O–H groups in total. The number of hydrogen-bond donors (Lipinski definition) is 0. The van der Waals surface area contributed by atoms with Gasteiger partial charge in [0.15, 0.2) is 11.9 Å². The van der Waals surface area contributed by atoms with Crippen LogP contribution in [0.1, 0.15) is 19.5 Å². The molecular weight excluding hydrogens is 337 g/mol. The molecule has 0 bridgehead atoms. The molecule has 0 aliphatic heterocycles. The molecule has 132 valence electrons. The Morgan fingerprint density at radius 2 is 1.73 bits per heavy atom. The largest absolute Gasteiger partial charge is 0.617 e. The van der Waals surface area contributed by atoms with Gasteiger partial charge in [-0.05, 0) is 26.0 Å². The standard InChI is InChI=1S/C18H16FN5O2/c1-3-22(4-2)14-10-16-15(9-13(14)19)23(25)17(11-20)18(24(16)26)12-5-7-21-8-6-12/h5-10H,3-4H2,1-2H3. The van der Waals surface area contributed by atoms with E-state index in [9.17, 15) is 20.1 Å². The molecule has 0 atom stereocenters. The number of halogens is 1. The molecular formula is C18H16FN5O2. The van der Waals surface area contributed by atoms with E-state index in [-0.39, 0.29) is 22.4 Å². The fourth-order valence-electron chi connectivity index (χ4n) is 2.97. The second-order valence-electron chi connectivity index (χ2n) is 5.60. The van der Waals surface area contributed by atoms with E-state index in [0.717, 1.165) is 6.07 Å². The first-order valence-corrected chi connectivity index (χ1v) is 8.11. The van der Waals surface area contributed by atoms with Gasteiger partial charge in [0.2, 0.25) is 0 Å². The molecule has 2 heterocycles. The number of aromatic nitrogens is 3. The summed E-state index contributed by atoms with van der Waals surface area (Å²) < 4.78 is 15.3. The summed E-state index contributed by atoms with van der Waals surface area (Å²) in [6, 6.07) is 7.17. The molecule has 0 saturated carbocycles. The van der Waals surface area contributed by atoms with Gasteiger partial charge in [-0.1, -0.05) is 0 Å². The Hall–Kier alpha value is -3.47. The van der Waals surface area contributed by atoms with Gasteiger partial charge in [-0.3, -0.25) is 4.98 Å². The zero-order valence-electron chi connectivity index (χ0n) is 14.3. The lowest BCUT2D eigenvalue weighted by Gasteiger charge is -2.21. The van der Waals surface area contributed by atoms with Crippen molar-refractivity contribution >= 4 is 16.7 Å². The highest BCUT2D eigenvalue weighted by atomic mass is 19.1. The molecule has 0 saturated heterocycles. The Morgan fingerprint density at radius 3 is 2.31 bits per heavy atom. The first kappa shape index (κ1) is 17.4. The molecule has 26 heavy (non-hydrogen) atoms. The van der Waals surface area contributed by atoms with Crippen molar-refractivity contribution in [2.75, 3.05) is 18.0 Å². The van der Waals surface area contributed by atoms with Gasteiger partial charge in [-0.15, -0.1) is 4.73 Å². The highest BCUT2D eigenvalue weighted by Crippen LogP contribution is 2.25. The fraction of sp³-hybridized carbons (Fsp3) is 0.222. The smallest absolute Gasteiger partial charge is 0.369 e. The molecule has 2 aromatic heterocycles. The van der Waals surface area contributed by atoms with E-state index in [0.29, 0.717) is 28.1 Å². The van der Waals surface area contributed by atoms with Crippen LogP contribution < -0.4 is 14.4 Å². The second kappa shape index (κ2) is 6.80. The summed E-state index contributed by atoms with van der Waals surface area (Å²) >= 11 is 0. The van der Waals surface area contributed by atoms with E-state index in [1.54, 1.807) is 11.0 Å². The second-order valence-corrected chi connectivity index (χ2v) is 5.60. The number of fused-ring (bicyclic) bond motifs is 1. The maximum atomic E-state index is 14.5. The number of anilines is 1. The van der Waals surface area contributed by atoms with Crippen LogP contribution in [0.3, 0.4) is 0 Å². The van der Waals surface area contributed by atoms with Crippen LogP contribution in [0.5, 0.6) is 0 Å². The van der Waals surface area contributed by atoms with E-state index in [1.165, 1.54) is 30.6 Å². The van der Waals surface area contributed by atoms with Gasteiger partial charge in [0.1, 0.15) is 0 Å². The number of nitrogens with zero attached hydrogens (tertiary/aromatic N) is 5. The lowest BCUT2D eigenvalue weighted by molar-refractivity contribution is -0.622. The van der Waals surface area contributed by atoms with E-state index < -0.39 is 11.5 Å². The predicted octanol–water partition coefficient (Wildman–Crippen LogP) is 2.03. The minimum absolute atomic E-state index is 0.00545. The third-order valence-corrected chi connectivity index (χ3v) is 4.28. The topological polar surface area (TPSA) is 93.8 Å². The summed E-state index contributed by atoms with van der Waals surface area (Å²) in [6.45, 7) is 4.83. The molecule has 0 aliphatic rings. The lowest BCUT2D eigenvalue weighted by Crippen LogP contribution is -2.43. The van der Waals surface area contributed by atoms with Crippen molar-refractivity contribution in [2.24, 2.45) is 0 Å². The Bertz CT molecular complexity index is 1010. The van der Waals surface area contributed by atoms with Gasteiger partial charge in [0, 0.05) is 31.5 Å². The third kappa shape index (κ3) is 2.63. The molecule has 1 aromatic carbocycles. The summed E-state index contributed by atoms with van der Waals surface area (Å²) in [5, 5.41) is 35.0. The van der Waals surface area contributed by atoms with Crippen molar-refractivity contribution in [3.05, 3.63) is 58.6 Å². The van der Waals surface area contributed by atoms with Crippen LogP contribution in [0.4, 0.5) is 10.1 Å². The van der Waals surface area contributed by atoms with Crippen LogP contribution in [-0.2, 0) is 0 Å². The van der Waals surface area contributed by atoms with Crippen molar-refractivity contribution in [1.82, 2.24) is 4.98 Å². The lowest BCUT2D eigenvalue weighted by atomic mass is 10.1. The number of benzene rings is 1. The molecule has 0 unspecified atom stereocenters. The van der Waals surface area contributed by atoms with Gasteiger partial charge >= 0.3 is 11.4 Å². The van der Waals surface area contributed by atoms with E-state index in [2.05, 4.69) is 4.98 Å². The summed E-state index contributed by atoms with van der Waals surface area (Å²) in [5.74, 6) is -0.619. The Morgan fingerprint density at radius 1 is 1.12 bits per heavy atom. The first-order valence-electron chi connectivity index (χ1n) is 8.11. The van der Waals surface area contributed by atoms with Gasteiger partial charge in [0.05, 0.1) is 17.3 Å². The number of nitriles is 1. The van der Waals surface area contributed by atoms with Gasteiger partial charge in [0.25, 0.3) is 11.0 Å². The Labute approximate surface area is 149 Å². The summed E-state index contributed by atoms with van der Waals surface area (Å²) in [7, 11) is 0. The van der Waals surface area contributed by atoms with Crippen molar-refractivity contribution in [2.45, 2.75) is 13.8 Å². The summed E-state index contributed by atoms with van der Waals surface area (Å²) in [5.41, 5.74) is -0.0654.